The van der Waals surface area contributed by atoms with Gasteiger partial charge in [-0.2, -0.15) is 4.98 Å². The van der Waals surface area contributed by atoms with Gasteiger partial charge in [-0.1, -0.05) is 50.4 Å². The lowest BCUT2D eigenvalue weighted by atomic mass is 9.93. The van der Waals surface area contributed by atoms with Gasteiger partial charge in [0.25, 0.3) is 0 Å². The fourth-order valence-corrected chi connectivity index (χ4v) is 5.16. The van der Waals surface area contributed by atoms with Crippen molar-refractivity contribution in [2.45, 2.75) is 45.8 Å². The standard InChI is InChI=1S/C25H24ClFN4O3.C3H6/c1-3-8-31-23-15(24(28-25(31)33)30-11-9-29(10-12-30)20(32)4-2)13-17(26)21-16(23)14-34-19-7-5-6-18(27)22(19)21;1-2-3-1/h4-7,13H,2-3,8-12,14H2,1H3;1-3H2. The fourth-order valence-electron chi connectivity index (χ4n) is 4.85. The first kappa shape index (κ1) is 25.3. The highest BCUT2D eigenvalue weighted by molar-refractivity contribution is 6.35. The van der Waals surface area contributed by atoms with E-state index in [1.54, 1.807) is 27.7 Å². The molecule has 2 aromatic carbocycles. The molecule has 3 aliphatic rings. The Kier molecular flexibility index (Phi) is 7.20. The van der Waals surface area contributed by atoms with Gasteiger partial charge >= 0.3 is 5.69 Å². The summed E-state index contributed by atoms with van der Waals surface area (Å²) >= 11 is 6.76. The summed E-state index contributed by atoms with van der Waals surface area (Å²) in [6.45, 7) is 8.17. The lowest BCUT2D eigenvalue weighted by Gasteiger charge is -2.36. The summed E-state index contributed by atoms with van der Waals surface area (Å²) < 4.78 is 22.4. The van der Waals surface area contributed by atoms with E-state index in [2.05, 4.69) is 11.6 Å². The molecule has 1 saturated carbocycles. The van der Waals surface area contributed by atoms with E-state index in [1.165, 1.54) is 31.4 Å². The van der Waals surface area contributed by atoms with Crippen LogP contribution in [0.25, 0.3) is 22.0 Å². The van der Waals surface area contributed by atoms with Gasteiger partial charge in [0.15, 0.2) is 0 Å². The maximum Gasteiger partial charge on any atom is 0.350 e. The van der Waals surface area contributed by atoms with Crippen molar-refractivity contribution < 1.29 is 13.9 Å². The number of anilines is 1. The number of hydrogen-bond donors (Lipinski definition) is 0. The molecule has 0 unspecified atom stereocenters. The van der Waals surface area contributed by atoms with Crippen molar-refractivity contribution in [2.75, 3.05) is 31.1 Å². The highest BCUT2D eigenvalue weighted by Crippen LogP contribution is 2.46. The Morgan fingerprint density at radius 2 is 1.92 bits per heavy atom. The summed E-state index contributed by atoms with van der Waals surface area (Å²) in [4.78, 5) is 33.3. The minimum atomic E-state index is -0.429. The number of benzene rings is 2. The normalized spacial score (nSPS) is 15.8. The van der Waals surface area contributed by atoms with E-state index >= 15 is 0 Å². The van der Waals surface area contributed by atoms with Gasteiger partial charge in [-0.3, -0.25) is 9.36 Å². The molecule has 0 bridgehead atoms. The van der Waals surface area contributed by atoms with Crippen molar-refractivity contribution in [1.29, 1.82) is 0 Å². The third-order valence-corrected chi connectivity index (χ3v) is 7.06. The average Bonchev–Trinajstić information content (AvgIpc) is 3.80. The molecule has 2 aliphatic heterocycles. The lowest BCUT2D eigenvalue weighted by molar-refractivity contribution is -0.126. The van der Waals surface area contributed by atoms with E-state index in [0.29, 0.717) is 76.9 Å². The largest absolute Gasteiger partial charge is 0.488 e. The fraction of sp³-hybridized carbons (Fsp3) is 0.393. The predicted molar refractivity (Wildman–Crippen MR) is 144 cm³/mol. The average molecular weight is 525 g/mol. The second-order valence-corrected chi connectivity index (χ2v) is 9.86. The van der Waals surface area contributed by atoms with Gasteiger partial charge in [-0.05, 0) is 30.7 Å². The monoisotopic (exact) mass is 524 g/mol. The molecule has 1 saturated heterocycles. The van der Waals surface area contributed by atoms with Gasteiger partial charge in [-0.15, -0.1) is 0 Å². The Morgan fingerprint density at radius 3 is 2.57 bits per heavy atom. The van der Waals surface area contributed by atoms with Gasteiger partial charge in [0.1, 0.15) is 24.0 Å². The van der Waals surface area contributed by atoms with Crippen LogP contribution in [0.5, 0.6) is 5.75 Å². The Bertz CT molecular complexity index is 1420. The SMILES string of the molecule is C1CC1.C=CC(=O)N1CCN(c2nc(=O)n(CCC)c3c4c(c(Cl)cc23)-c2c(F)cccc2OC4)CC1. The van der Waals surface area contributed by atoms with Crippen molar-refractivity contribution in [2.24, 2.45) is 0 Å². The first-order valence-corrected chi connectivity index (χ1v) is 13.2. The molecule has 0 radical (unpaired) electrons. The van der Waals surface area contributed by atoms with Crippen LogP contribution in [0.15, 0.2) is 41.7 Å². The van der Waals surface area contributed by atoms with Gasteiger partial charge < -0.3 is 14.5 Å². The Hall–Kier alpha value is -3.39. The van der Waals surface area contributed by atoms with Crippen LogP contribution in [0.3, 0.4) is 0 Å². The van der Waals surface area contributed by atoms with E-state index in [1.807, 2.05) is 11.8 Å². The summed E-state index contributed by atoms with van der Waals surface area (Å²) in [5.74, 6) is 0.393. The Labute approximate surface area is 220 Å². The van der Waals surface area contributed by atoms with Crippen molar-refractivity contribution in [3.8, 4) is 16.9 Å². The molecule has 7 nitrogen and oxygen atoms in total. The smallest absolute Gasteiger partial charge is 0.350 e. The highest BCUT2D eigenvalue weighted by Gasteiger charge is 2.30. The first-order valence-electron chi connectivity index (χ1n) is 12.8. The van der Waals surface area contributed by atoms with Crippen molar-refractivity contribution >= 4 is 34.2 Å². The second kappa shape index (κ2) is 10.5. The zero-order valence-electron chi connectivity index (χ0n) is 20.9. The second-order valence-electron chi connectivity index (χ2n) is 9.46. The zero-order chi connectivity index (χ0) is 26.1. The number of amides is 1. The van der Waals surface area contributed by atoms with Crippen molar-refractivity contribution in [1.82, 2.24) is 14.5 Å². The summed E-state index contributed by atoms with van der Waals surface area (Å²) in [5, 5.41) is 1.09. The maximum absolute atomic E-state index is 14.9. The van der Waals surface area contributed by atoms with Crippen LogP contribution in [0.2, 0.25) is 5.02 Å². The van der Waals surface area contributed by atoms with Crippen molar-refractivity contribution in [3.63, 3.8) is 0 Å². The van der Waals surface area contributed by atoms with Crippen LogP contribution < -0.4 is 15.3 Å². The van der Waals surface area contributed by atoms with E-state index in [-0.39, 0.29) is 18.2 Å². The van der Waals surface area contributed by atoms with Gasteiger partial charge in [0.05, 0.1) is 11.1 Å². The van der Waals surface area contributed by atoms with Crippen molar-refractivity contribution in [3.05, 3.63) is 63.8 Å². The minimum Gasteiger partial charge on any atom is -0.488 e. The number of piperazine rings is 1. The minimum absolute atomic E-state index is 0.120. The molecule has 1 aromatic heterocycles. The van der Waals surface area contributed by atoms with E-state index in [4.69, 9.17) is 16.3 Å². The van der Waals surface area contributed by atoms with E-state index in [9.17, 15) is 14.0 Å². The van der Waals surface area contributed by atoms with E-state index in [0.717, 1.165) is 6.42 Å². The molecule has 0 spiro atoms. The highest BCUT2D eigenvalue weighted by atomic mass is 35.5. The summed E-state index contributed by atoms with van der Waals surface area (Å²) in [6.07, 6.45) is 6.53. The molecule has 1 aliphatic carbocycles. The van der Waals surface area contributed by atoms with Crippen LogP contribution in [-0.4, -0.2) is 46.5 Å². The van der Waals surface area contributed by atoms with Crippen LogP contribution in [0, 0.1) is 5.82 Å². The van der Waals surface area contributed by atoms with Gasteiger partial charge in [0, 0.05) is 54.3 Å². The van der Waals surface area contributed by atoms with Crippen LogP contribution in [-0.2, 0) is 17.9 Å². The molecule has 1 amide bonds. The molecular weight excluding hydrogens is 495 g/mol. The third-order valence-electron chi connectivity index (χ3n) is 6.76. The number of ether oxygens (including phenoxy) is 1. The molecule has 2 fully saturated rings. The third kappa shape index (κ3) is 4.82. The van der Waals surface area contributed by atoms with E-state index < -0.39 is 5.82 Å². The lowest BCUT2D eigenvalue weighted by Crippen LogP contribution is -2.49. The first-order chi connectivity index (χ1) is 17.9. The summed E-state index contributed by atoms with van der Waals surface area (Å²) in [7, 11) is 0. The number of aryl methyl sites for hydroxylation is 1. The number of fused-ring (bicyclic) bond motifs is 5. The Balaban J connectivity index is 0.000000872. The van der Waals surface area contributed by atoms with Crippen LogP contribution in [0.1, 0.15) is 38.2 Å². The van der Waals surface area contributed by atoms with Crippen LogP contribution in [0.4, 0.5) is 10.2 Å². The number of rotatable bonds is 4. The molecule has 3 aromatic rings. The molecule has 194 valence electrons. The van der Waals surface area contributed by atoms with Gasteiger partial charge in [0.2, 0.25) is 5.91 Å². The Morgan fingerprint density at radius 1 is 1.19 bits per heavy atom. The quantitative estimate of drug-likeness (QED) is 0.441. The number of hydrogen-bond acceptors (Lipinski definition) is 5. The van der Waals surface area contributed by atoms with Crippen LogP contribution >= 0.6 is 11.6 Å². The summed E-state index contributed by atoms with van der Waals surface area (Å²) in [6, 6.07) is 6.45. The number of halogens is 2. The molecule has 0 N–H and O–H groups in total. The molecule has 0 atom stereocenters. The topological polar surface area (TPSA) is 67.7 Å². The number of nitrogens with zero attached hydrogens (tertiary/aromatic N) is 4. The molecule has 3 heterocycles. The number of aromatic nitrogens is 2. The molecule has 37 heavy (non-hydrogen) atoms. The predicted octanol–water partition coefficient (Wildman–Crippen LogP) is 5.16. The van der Waals surface area contributed by atoms with Gasteiger partial charge in [-0.25, -0.2) is 9.18 Å². The molecule has 6 rings (SSSR count). The molecule has 9 heteroatoms. The number of carbonyl (C=O) groups excluding carboxylic acids is 1. The summed E-state index contributed by atoms with van der Waals surface area (Å²) in [5.41, 5.74) is 1.82. The molecular formula is C28H30ClFN4O3. The maximum atomic E-state index is 14.9. The number of carbonyl (C=O) groups is 1. The zero-order valence-corrected chi connectivity index (χ0v) is 21.7.